The molecule has 0 aliphatic carbocycles. The summed E-state index contributed by atoms with van der Waals surface area (Å²) in [5, 5.41) is 9.23. The van der Waals surface area contributed by atoms with E-state index in [1.807, 2.05) is 20.8 Å². The smallest absolute Gasteiger partial charge is 0.0998 e. The van der Waals surface area contributed by atoms with Crippen molar-refractivity contribution in [3.8, 4) is 0 Å². The lowest BCUT2D eigenvalue weighted by atomic mass is 10.2. The molecule has 1 N–H and O–H groups in total. The monoisotopic (exact) mass is 173 g/mol. The Bertz CT molecular complexity index is 142. The summed E-state index contributed by atoms with van der Waals surface area (Å²) in [4.78, 5) is 2.13. The number of nitrogens with zero attached hydrogens (tertiary/aromatic N) is 1. The zero-order valence-electron chi connectivity index (χ0n) is 8.21. The normalized spacial score (nSPS) is 26.5. The Labute approximate surface area is 74.3 Å². The van der Waals surface area contributed by atoms with Crippen LogP contribution < -0.4 is 0 Å². The number of β-amino-alcohol motifs (C(OH)–C–C–N with tert-alkyl or cyclic N) is 1. The van der Waals surface area contributed by atoms with E-state index in [2.05, 4.69) is 4.90 Å². The molecule has 0 amide bonds. The molecule has 3 nitrogen and oxygen atoms in total. The molecule has 0 aromatic rings. The zero-order valence-corrected chi connectivity index (χ0v) is 8.21. The van der Waals surface area contributed by atoms with Crippen LogP contribution in [0.3, 0.4) is 0 Å². The largest absolute Gasteiger partial charge is 0.392 e. The van der Waals surface area contributed by atoms with Crippen molar-refractivity contribution in [2.24, 2.45) is 0 Å². The molecule has 1 aliphatic heterocycles. The van der Waals surface area contributed by atoms with Crippen molar-refractivity contribution in [1.29, 1.82) is 0 Å². The van der Waals surface area contributed by atoms with E-state index >= 15 is 0 Å². The summed E-state index contributed by atoms with van der Waals surface area (Å²) in [6, 6.07) is 0. The predicted octanol–water partition coefficient (Wildman–Crippen LogP) is 0.826. The van der Waals surface area contributed by atoms with Crippen molar-refractivity contribution in [3.05, 3.63) is 0 Å². The molecule has 0 aromatic carbocycles. The summed E-state index contributed by atoms with van der Waals surface area (Å²) in [5.41, 5.74) is -0.0759. The topological polar surface area (TPSA) is 32.7 Å². The molecule has 0 aromatic heterocycles. The number of rotatable bonds is 2. The maximum atomic E-state index is 9.23. The van der Waals surface area contributed by atoms with Crippen molar-refractivity contribution >= 4 is 0 Å². The van der Waals surface area contributed by atoms with Crippen LogP contribution in [-0.2, 0) is 4.74 Å². The lowest BCUT2D eigenvalue weighted by molar-refractivity contribution is -0.0591. The predicted molar refractivity (Wildman–Crippen MR) is 47.9 cm³/mol. The number of aliphatic hydroxyl groups excluding tert-OH is 1. The van der Waals surface area contributed by atoms with Crippen LogP contribution in [0.4, 0.5) is 0 Å². The molecule has 0 saturated carbocycles. The van der Waals surface area contributed by atoms with E-state index in [1.165, 1.54) is 0 Å². The Balaban J connectivity index is 2.16. The highest BCUT2D eigenvalue weighted by Crippen LogP contribution is 2.12. The van der Waals surface area contributed by atoms with Gasteiger partial charge in [-0.25, -0.2) is 0 Å². The molecule has 0 unspecified atom stereocenters. The molecule has 1 heterocycles. The van der Waals surface area contributed by atoms with Gasteiger partial charge in [0.2, 0.25) is 0 Å². The Hall–Kier alpha value is -0.120. The Morgan fingerprint density at radius 1 is 1.50 bits per heavy atom. The second-order valence-electron chi connectivity index (χ2n) is 4.41. The first-order chi connectivity index (χ1) is 5.47. The summed E-state index contributed by atoms with van der Waals surface area (Å²) >= 11 is 0. The van der Waals surface area contributed by atoms with Gasteiger partial charge >= 0.3 is 0 Å². The van der Waals surface area contributed by atoms with E-state index in [0.717, 1.165) is 19.5 Å². The Morgan fingerprint density at radius 2 is 2.17 bits per heavy atom. The van der Waals surface area contributed by atoms with Crippen molar-refractivity contribution in [2.45, 2.75) is 38.9 Å². The molecule has 3 heteroatoms. The average Bonchev–Trinajstić information content (AvgIpc) is 2.30. The minimum atomic E-state index is -0.145. The van der Waals surface area contributed by atoms with Crippen LogP contribution in [0.5, 0.6) is 0 Å². The van der Waals surface area contributed by atoms with Crippen LogP contribution in [0.25, 0.3) is 0 Å². The van der Waals surface area contributed by atoms with Crippen LogP contribution in [0.2, 0.25) is 0 Å². The molecule has 0 radical (unpaired) electrons. The highest BCUT2D eigenvalue weighted by Gasteiger charge is 2.21. The maximum absolute atomic E-state index is 9.23. The first kappa shape index (κ1) is 9.96. The van der Waals surface area contributed by atoms with E-state index in [0.29, 0.717) is 6.73 Å². The SMILES string of the molecule is CC(C)(C)OCN1CC[C@H](O)C1. The summed E-state index contributed by atoms with van der Waals surface area (Å²) in [6.07, 6.45) is 0.738. The van der Waals surface area contributed by atoms with E-state index < -0.39 is 0 Å². The standard InChI is InChI=1S/C9H19NO2/c1-9(2,3)12-7-10-5-4-8(11)6-10/h8,11H,4-7H2,1-3H3/t8-/m0/s1. The lowest BCUT2D eigenvalue weighted by Gasteiger charge is -2.24. The Kier molecular flexibility index (Phi) is 3.09. The van der Waals surface area contributed by atoms with Crippen LogP contribution in [0.1, 0.15) is 27.2 Å². The van der Waals surface area contributed by atoms with Gasteiger partial charge in [0.05, 0.1) is 18.4 Å². The third-order valence-electron chi connectivity index (χ3n) is 1.93. The maximum Gasteiger partial charge on any atom is 0.0998 e. The minimum absolute atomic E-state index is 0.0759. The number of hydrogen-bond donors (Lipinski definition) is 1. The van der Waals surface area contributed by atoms with Gasteiger partial charge in [-0.2, -0.15) is 0 Å². The summed E-state index contributed by atoms with van der Waals surface area (Å²) in [7, 11) is 0. The number of ether oxygens (including phenoxy) is 1. The van der Waals surface area contributed by atoms with Crippen molar-refractivity contribution in [1.82, 2.24) is 4.90 Å². The zero-order chi connectivity index (χ0) is 9.19. The van der Waals surface area contributed by atoms with E-state index in [-0.39, 0.29) is 11.7 Å². The third kappa shape index (κ3) is 3.52. The second kappa shape index (κ2) is 3.73. The number of likely N-dealkylation sites (tertiary alicyclic amines) is 1. The molecular weight excluding hydrogens is 154 g/mol. The molecule has 12 heavy (non-hydrogen) atoms. The molecular formula is C9H19NO2. The van der Waals surface area contributed by atoms with Crippen molar-refractivity contribution in [2.75, 3.05) is 19.8 Å². The third-order valence-corrected chi connectivity index (χ3v) is 1.93. The van der Waals surface area contributed by atoms with Gasteiger partial charge in [0.1, 0.15) is 0 Å². The summed E-state index contributed by atoms with van der Waals surface area (Å²) < 4.78 is 5.58. The van der Waals surface area contributed by atoms with Crippen molar-refractivity contribution in [3.63, 3.8) is 0 Å². The molecule has 1 rings (SSSR count). The van der Waals surface area contributed by atoms with Gasteiger partial charge in [0.25, 0.3) is 0 Å². The fraction of sp³-hybridized carbons (Fsp3) is 1.00. The fourth-order valence-corrected chi connectivity index (χ4v) is 1.21. The molecule has 1 fully saturated rings. The van der Waals surface area contributed by atoms with E-state index in [9.17, 15) is 5.11 Å². The molecule has 1 atom stereocenters. The van der Waals surface area contributed by atoms with Crippen LogP contribution in [0, 0.1) is 0 Å². The van der Waals surface area contributed by atoms with Crippen LogP contribution in [-0.4, -0.2) is 41.5 Å². The van der Waals surface area contributed by atoms with E-state index in [4.69, 9.17) is 4.74 Å². The van der Waals surface area contributed by atoms with Gasteiger partial charge in [-0.05, 0) is 27.2 Å². The molecule has 0 bridgehead atoms. The fourth-order valence-electron chi connectivity index (χ4n) is 1.21. The summed E-state index contributed by atoms with van der Waals surface area (Å²) in [6.45, 7) is 8.48. The minimum Gasteiger partial charge on any atom is -0.392 e. The van der Waals surface area contributed by atoms with Gasteiger partial charge in [-0.15, -0.1) is 0 Å². The molecule has 1 aliphatic rings. The summed E-state index contributed by atoms with van der Waals surface area (Å²) in [5.74, 6) is 0. The van der Waals surface area contributed by atoms with Gasteiger partial charge in [0, 0.05) is 13.1 Å². The van der Waals surface area contributed by atoms with Crippen LogP contribution >= 0.6 is 0 Å². The van der Waals surface area contributed by atoms with Crippen molar-refractivity contribution < 1.29 is 9.84 Å². The molecule has 1 saturated heterocycles. The highest BCUT2D eigenvalue weighted by molar-refractivity contribution is 4.72. The van der Waals surface area contributed by atoms with Gasteiger partial charge in [0.15, 0.2) is 0 Å². The lowest BCUT2D eigenvalue weighted by Crippen LogP contribution is -2.31. The molecule has 72 valence electrons. The first-order valence-corrected chi connectivity index (χ1v) is 4.52. The average molecular weight is 173 g/mol. The van der Waals surface area contributed by atoms with Crippen LogP contribution in [0.15, 0.2) is 0 Å². The molecule has 0 spiro atoms. The van der Waals surface area contributed by atoms with E-state index in [1.54, 1.807) is 0 Å². The first-order valence-electron chi connectivity index (χ1n) is 4.52. The van der Waals surface area contributed by atoms with Gasteiger partial charge in [-0.1, -0.05) is 0 Å². The van der Waals surface area contributed by atoms with Gasteiger partial charge < -0.3 is 9.84 Å². The Morgan fingerprint density at radius 3 is 2.58 bits per heavy atom. The number of hydrogen-bond acceptors (Lipinski definition) is 3. The number of aliphatic hydroxyl groups is 1. The quantitative estimate of drug-likeness (QED) is 0.671. The highest BCUT2D eigenvalue weighted by atomic mass is 16.5. The van der Waals surface area contributed by atoms with Gasteiger partial charge in [-0.3, -0.25) is 4.90 Å². The second-order valence-corrected chi connectivity index (χ2v) is 4.41.